The summed E-state index contributed by atoms with van der Waals surface area (Å²) < 4.78 is 1.67. The highest BCUT2D eigenvalue weighted by Gasteiger charge is 2.27. The van der Waals surface area contributed by atoms with Crippen molar-refractivity contribution in [3.05, 3.63) is 77.0 Å². The van der Waals surface area contributed by atoms with Crippen molar-refractivity contribution in [3.8, 4) is 11.4 Å². The van der Waals surface area contributed by atoms with Crippen molar-refractivity contribution < 1.29 is 9.90 Å². The number of hydrogen-bond acceptors (Lipinski definition) is 4. The molecule has 7 heteroatoms. The molecule has 1 aliphatic heterocycles. The molecule has 0 unspecified atom stereocenters. The molecule has 0 radical (unpaired) electrons. The first-order valence-corrected chi connectivity index (χ1v) is 7.99. The van der Waals surface area contributed by atoms with Crippen LogP contribution < -0.4 is 5.32 Å². The third-order valence-electron chi connectivity index (χ3n) is 3.92. The summed E-state index contributed by atoms with van der Waals surface area (Å²) in [5, 5.41) is 17.4. The van der Waals surface area contributed by atoms with Crippen LogP contribution in [0.25, 0.3) is 11.4 Å². The minimum absolute atomic E-state index is 0.0597. The summed E-state index contributed by atoms with van der Waals surface area (Å²) in [5.41, 5.74) is 1.75. The summed E-state index contributed by atoms with van der Waals surface area (Å²) in [6.45, 7) is 0. The Kier molecular flexibility index (Phi) is 3.74. The van der Waals surface area contributed by atoms with Crippen LogP contribution in [0.15, 0.2) is 66.4 Å². The molecule has 124 valence electrons. The molecule has 0 saturated carbocycles. The van der Waals surface area contributed by atoms with Gasteiger partial charge in [0.25, 0.3) is 0 Å². The normalized spacial score (nSPS) is 15.9. The standard InChI is InChI=1S/C18H13ClN4O2/c19-13-8-4-7-12(9-13)15-10-14(17(24)25)20-18-21-16(22-23(15)18)11-5-2-1-3-6-11/h1-10,15H,(H,24,25)(H,20,21,22)/t15-/m1/s1. The topological polar surface area (TPSA) is 80.0 Å². The van der Waals surface area contributed by atoms with E-state index >= 15 is 0 Å². The Bertz CT molecular complexity index is 982. The molecule has 0 saturated heterocycles. The summed E-state index contributed by atoms with van der Waals surface area (Å²) in [5.74, 6) is -0.151. The second-order valence-electron chi connectivity index (χ2n) is 5.58. The SMILES string of the molecule is O=C(O)C1=C[C@H](c2cccc(Cl)c2)n2nc(-c3ccccc3)nc2N1. The fourth-order valence-corrected chi connectivity index (χ4v) is 2.95. The van der Waals surface area contributed by atoms with Gasteiger partial charge in [0.2, 0.25) is 5.95 Å². The van der Waals surface area contributed by atoms with E-state index in [2.05, 4.69) is 15.4 Å². The van der Waals surface area contributed by atoms with Crippen molar-refractivity contribution in [1.29, 1.82) is 0 Å². The maximum Gasteiger partial charge on any atom is 0.352 e. The minimum atomic E-state index is -1.05. The number of halogens is 1. The number of nitrogens with one attached hydrogen (secondary N) is 1. The van der Waals surface area contributed by atoms with Gasteiger partial charge >= 0.3 is 5.97 Å². The molecule has 0 spiro atoms. The fraction of sp³-hybridized carbons (Fsp3) is 0.0556. The highest BCUT2D eigenvalue weighted by molar-refractivity contribution is 6.30. The number of aromatic nitrogens is 3. The van der Waals surface area contributed by atoms with Crippen LogP contribution in [0.2, 0.25) is 5.02 Å². The van der Waals surface area contributed by atoms with E-state index in [1.54, 1.807) is 22.9 Å². The van der Waals surface area contributed by atoms with Crippen molar-refractivity contribution in [2.45, 2.75) is 6.04 Å². The van der Waals surface area contributed by atoms with Crippen molar-refractivity contribution in [1.82, 2.24) is 14.8 Å². The fourth-order valence-electron chi connectivity index (χ4n) is 2.76. The molecule has 0 aliphatic carbocycles. The van der Waals surface area contributed by atoms with Gasteiger partial charge in [0.1, 0.15) is 11.7 Å². The first kappa shape index (κ1) is 15.4. The van der Waals surface area contributed by atoms with Gasteiger partial charge in [-0.1, -0.05) is 54.1 Å². The van der Waals surface area contributed by atoms with E-state index in [9.17, 15) is 9.90 Å². The summed E-state index contributed by atoms with van der Waals surface area (Å²) in [7, 11) is 0. The van der Waals surface area contributed by atoms with Gasteiger partial charge in [-0.15, -0.1) is 5.10 Å². The third kappa shape index (κ3) is 2.88. The van der Waals surface area contributed by atoms with Gasteiger partial charge in [0.05, 0.1) is 0 Å². The second kappa shape index (κ2) is 6.07. The van der Waals surface area contributed by atoms with Gasteiger partial charge in [0, 0.05) is 10.6 Å². The van der Waals surface area contributed by atoms with Crippen LogP contribution >= 0.6 is 11.6 Å². The summed E-state index contributed by atoms with van der Waals surface area (Å²) >= 11 is 6.09. The number of anilines is 1. The van der Waals surface area contributed by atoms with Crippen LogP contribution in [0, 0.1) is 0 Å². The number of rotatable bonds is 3. The van der Waals surface area contributed by atoms with Gasteiger partial charge in [-0.25, -0.2) is 9.48 Å². The lowest BCUT2D eigenvalue weighted by atomic mass is 10.0. The lowest BCUT2D eigenvalue weighted by Crippen LogP contribution is -2.24. The first-order valence-electron chi connectivity index (χ1n) is 7.61. The van der Waals surface area contributed by atoms with Crippen LogP contribution in [0.1, 0.15) is 11.6 Å². The number of aliphatic carboxylic acids is 1. The van der Waals surface area contributed by atoms with Crippen molar-refractivity contribution in [2.75, 3.05) is 5.32 Å². The van der Waals surface area contributed by atoms with Crippen LogP contribution in [-0.2, 0) is 4.79 Å². The summed E-state index contributed by atoms with van der Waals surface area (Å²) in [6, 6.07) is 16.4. The number of nitrogens with zero attached hydrogens (tertiary/aromatic N) is 3. The van der Waals surface area contributed by atoms with Crippen LogP contribution in [0.5, 0.6) is 0 Å². The molecular weight excluding hydrogens is 340 g/mol. The van der Waals surface area contributed by atoms with Gasteiger partial charge in [-0.05, 0) is 23.8 Å². The molecule has 1 aromatic heterocycles. The van der Waals surface area contributed by atoms with Crippen LogP contribution in [-0.4, -0.2) is 25.8 Å². The average Bonchev–Trinajstić information content (AvgIpc) is 3.05. The molecule has 0 bridgehead atoms. The number of carbonyl (C=O) groups is 1. The third-order valence-corrected chi connectivity index (χ3v) is 4.15. The van der Waals surface area contributed by atoms with Gasteiger partial charge in [0.15, 0.2) is 5.82 Å². The van der Waals surface area contributed by atoms with Crippen LogP contribution in [0.3, 0.4) is 0 Å². The number of fused-ring (bicyclic) bond motifs is 1. The van der Waals surface area contributed by atoms with E-state index in [0.717, 1.165) is 11.1 Å². The number of allylic oxidation sites excluding steroid dienone is 1. The molecule has 4 rings (SSSR count). The molecule has 0 fully saturated rings. The highest BCUT2D eigenvalue weighted by atomic mass is 35.5. The Morgan fingerprint density at radius 2 is 1.96 bits per heavy atom. The second-order valence-corrected chi connectivity index (χ2v) is 6.02. The molecule has 2 heterocycles. The smallest absolute Gasteiger partial charge is 0.352 e. The van der Waals surface area contributed by atoms with Crippen molar-refractivity contribution in [3.63, 3.8) is 0 Å². The first-order chi connectivity index (χ1) is 12.1. The maximum atomic E-state index is 11.5. The predicted octanol–water partition coefficient (Wildman–Crippen LogP) is 3.58. The number of hydrogen-bond donors (Lipinski definition) is 2. The minimum Gasteiger partial charge on any atom is -0.477 e. The van der Waals surface area contributed by atoms with Crippen LogP contribution in [0.4, 0.5) is 5.95 Å². The van der Waals surface area contributed by atoms with E-state index in [0.29, 0.717) is 16.8 Å². The molecule has 2 aromatic carbocycles. The van der Waals surface area contributed by atoms with Crippen molar-refractivity contribution >= 4 is 23.5 Å². The molecular formula is C18H13ClN4O2. The molecule has 3 aromatic rings. The summed E-state index contributed by atoms with van der Waals surface area (Å²) in [6.07, 6.45) is 1.60. The molecule has 25 heavy (non-hydrogen) atoms. The Hall–Kier alpha value is -3.12. The Morgan fingerprint density at radius 1 is 1.16 bits per heavy atom. The summed E-state index contributed by atoms with van der Waals surface area (Å²) in [4.78, 5) is 15.9. The predicted molar refractivity (Wildman–Crippen MR) is 94.4 cm³/mol. The molecule has 0 amide bonds. The average molecular weight is 353 g/mol. The van der Waals surface area contributed by atoms with E-state index in [1.807, 2.05) is 42.5 Å². The molecule has 6 nitrogen and oxygen atoms in total. The quantitative estimate of drug-likeness (QED) is 0.753. The highest BCUT2D eigenvalue weighted by Crippen LogP contribution is 2.31. The Labute approximate surface area is 148 Å². The van der Waals surface area contributed by atoms with Gasteiger partial charge in [-0.2, -0.15) is 4.98 Å². The van der Waals surface area contributed by atoms with Crippen molar-refractivity contribution in [2.24, 2.45) is 0 Å². The number of carboxylic acid groups (broad SMARTS) is 1. The number of benzene rings is 2. The zero-order valence-corrected chi connectivity index (χ0v) is 13.7. The Balaban J connectivity index is 1.84. The molecule has 1 atom stereocenters. The zero-order chi connectivity index (χ0) is 17.4. The van der Waals surface area contributed by atoms with Gasteiger partial charge in [-0.3, -0.25) is 0 Å². The molecule has 1 aliphatic rings. The lowest BCUT2D eigenvalue weighted by molar-refractivity contribution is -0.132. The lowest BCUT2D eigenvalue weighted by Gasteiger charge is -2.22. The molecule has 2 N–H and O–H groups in total. The zero-order valence-electron chi connectivity index (χ0n) is 12.9. The largest absolute Gasteiger partial charge is 0.477 e. The van der Waals surface area contributed by atoms with E-state index in [4.69, 9.17) is 11.6 Å². The van der Waals surface area contributed by atoms with E-state index in [1.165, 1.54) is 0 Å². The Morgan fingerprint density at radius 3 is 2.68 bits per heavy atom. The maximum absolute atomic E-state index is 11.5. The van der Waals surface area contributed by atoms with E-state index < -0.39 is 12.0 Å². The number of carboxylic acids is 1. The monoisotopic (exact) mass is 352 g/mol. The van der Waals surface area contributed by atoms with E-state index in [-0.39, 0.29) is 5.70 Å². The van der Waals surface area contributed by atoms with Gasteiger partial charge < -0.3 is 10.4 Å².